The monoisotopic (exact) mass is 553 g/mol. The van der Waals surface area contributed by atoms with E-state index >= 15 is 0 Å². The molecule has 1 aromatic carbocycles. The molecule has 2 aromatic heterocycles. The zero-order valence-electron chi connectivity index (χ0n) is 22.0. The Bertz CT molecular complexity index is 1300. The summed E-state index contributed by atoms with van der Waals surface area (Å²) in [6.07, 6.45) is 5.29. The normalized spacial score (nSPS) is 18.8. The number of hydrogen-bond donors (Lipinski definition) is 1. The Hall–Kier alpha value is -3.86. The average Bonchev–Trinajstić information content (AvgIpc) is 3.46. The smallest absolute Gasteiger partial charge is 0.238 e. The quantitative estimate of drug-likeness (QED) is 0.423. The maximum absolute atomic E-state index is 13.1. The van der Waals surface area contributed by atoms with Crippen molar-refractivity contribution in [1.82, 2.24) is 29.7 Å². The van der Waals surface area contributed by atoms with Gasteiger partial charge in [0.15, 0.2) is 11.5 Å². The van der Waals surface area contributed by atoms with Crippen LogP contribution in [0.25, 0.3) is 5.95 Å². The Morgan fingerprint density at radius 2 is 2.00 bits per heavy atom. The SMILES string of the molecule is CC(C)CC(=O)N1CCN(c2cc(Cl)nc(-n3ccnc3)n2)C(CC(=O)NCC2COc3ccccc3O2)C1. The lowest BCUT2D eigenvalue weighted by Gasteiger charge is -2.42. The lowest BCUT2D eigenvalue weighted by Crippen LogP contribution is -2.56. The van der Waals surface area contributed by atoms with Gasteiger partial charge in [0.05, 0.1) is 12.6 Å². The summed E-state index contributed by atoms with van der Waals surface area (Å²) in [5.41, 5.74) is 0. The first-order valence-corrected chi connectivity index (χ1v) is 13.5. The Morgan fingerprint density at radius 3 is 2.77 bits per heavy atom. The van der Waals surface area contributed by atoms with Gasteiger partial charge in [-0.3, -0.25) is 14.2 Å². The molecular weight excluding hydrogens is 522 g/mol. The predicted molar refractivity (Wildman–Crippen MR) is 145 cm³/mol. The number of imidazole rings is 1. The number of para-hydroxylation sites is 2. The molecule has 2 atom stereocenters. The summed E-state index contributed by atoms with van der Waals surface area (Å²) in [7, 11) is 0. The van der Waals surface area contributed by atoms with Gasteiger partial charge in [0.2, 0.25) is 17.8 Å². The first-order chi connectivity index (χ1) is 18.9. The van der Waals surface area contributed by atoms with Crippen LogP contribution in [0.2, 0.25) is 5.15 Å². The largest absolute Gasteiger partial charge is 0.486 e. The van der Waals surface area contributed by atoms with Crippen LogP contribution in [0.4, 0.5) is 5.82 Å². The molecule has 3 aromatic rings. The molecule has 4 heterocycles. The summed E-state index contributed by atoms with van der Waals surface area (Å²) in [4.78, 5) is 43.0. The number of benzene rings is 1. The van der Waals surface area contributed by atoms with Gasteiger partial charge in [0, 0.05) is 50.9 Å². The van der Waals surface area contributed by atoms with E-state index in [1.807, 2.05) is 47.9 Å². The van der Waals surface area contributed by atoms with Crippen LogP contribution in [0, 0.1) is 5.92 Å². The highest BCUT2D eigenvalue weighted by atomic mass is 35.5. The molecular formula is C27H32ClN7O4. The molecule has 0 spiro atoms. The molecule has 12 heteroatoms. The fourth-order valence-corrected chi connectivity index (χ4v) is 4.92. The number of piperazine rings is 1. The minimum atomic E-state index is -0.305. The second-order valence-electron chi connectivity index (χ2n) is 10.1. The summed E-state index contributed by atoms with van der Waals surface area (Å²) in [6, 6.07) is 8.84. The first-order valence-electron chi connectivity index (χ1n) is 13.1. The first kappa shape index (κ1) is 26.7. The van der Waals surface area contributed by atoms with Crippen molar-refractivity contribution in [3.8, 4) is 17.4 Å². The molecule has 11 nitrogen and oxygen atoms in total. The molecule has 0 aliphatic carbocycles. The number of aromatic nitrogens is 4. The van der Waals surface area contributed by atoms with E-state index < -0.39 is 0 Å². The summed E-state index contributed by atoms with van der Waals surface area (Å²) in [5, 5.41) is 3.26. The van der Waals surface area contributed by atoms with E-state index in [-0.39, 0.29) is 41.5 Å². The van der Waals surface area contributed by atoms with Crippen LogP contribution < -0.4 is 19.7 Å². The average molecular weight is 554 g/mol. The second kappa shape index (κ2) is 11.9. The predicted octanol–water partition coefficient (Wildman–Crippen LogP) is 2.73. The van der Waals surface area contributed by atoms with Crippen molar-refractivity contribution in [2.24, 2.45) is 5.92 Å². The van der Waals surface area contributed by atoms with Crippen LogP contribution >= 0.6 is 11.6 Å². The fourth-order valence-electron chi connectivity index (χ4n) is 4.75. The van der Waals surface area contributed by atoms with E-state index in [2.05, 4.69) is 15.3 Å². The second-order valence-corrected chi connectivity index (χ2v) is 10.5. The lowest BCUT2D eigenvalue weighted by atomic mass is 10.0. The molecule has 39 heavy (non-hydrogen) atoms. The number of amides is 2. The van der Waals surface area contributed by atoms with Crippen LogP contribution in [-0.2, 0) is 9.59 Å². The van der Waals surface area contributed by atoms with Gasteiger partial charge >= 0.3 is 0 Å². The van der Waals surface area contributed by atoms with Crippen molar-refractivity contribution in [1.29, 1.82) is 0 Å². The third-order valence-electron chi connectivity index (χ3n) is 6.63. The molecule has 2 aliphatic rings. The molecule has 1 saturated heterocycles. The van der Waals surface area contributed by atoms with Crippen molar-refractivity contribution in [2.45, 2.75) is 38.8 Å². The van der Waals surface area contributed by atoms with Gasteiger partial charge in [-0.05, 0) is 18.1 Å². The van der Waals surface area contributed by atoms with E-state index in [4.69, 9.17) is 26.1 Å². The topological polar surface area (TPSA) is 115 Å². The van der Waals surface area contributed by atoms with Gasteiger partial charge in [-0.15, -0.1) is 0 Å². The van der Waals surface area contributed by atoms with Gasteiger partial charge in [-0.2, -0.15) is 4.98 Å². The molecule has 206 valence electrons. The third kappa shape index (κ3) is 6.59. The molecule has 2 amide bonds. The summed E-state index contributed by atoms with van der Waals surface area (Å²) in [5.74, 6) is 2.51. The Labute approximate surface area is 232 Å². The number of nitrogens with one attached hydrogen (secondary N) is 1. The Kier molecular flexibility index (Phi) is 8.16. The van der Waals surface area contributed by atoms with Crippen LogP contribution in [0.3, 0.4) is 0 Å². The van der Waals surface area contributed by atoms with Gasteiger partial charge < -0.3 is 24.6 Å². The highest BCUT2D eigenvalue weighted by Crippen LogP contribution is 2.31. The third-order valence-corrected chi connectivity index (χ3v) is 6.83. The van der Waals surface area contributed by atoms with Crippen molar-refractivity contribution in [2.75, 3.05) is 37.7 Å². The number of fused-ring (bicyclic) bond motifs is 1. The molecule has 0 radical (unpaired) electrons. The van der Waals surface area contributed by atoms with Gasteiger partial charge in [-0.1, -0.05) is 37.6 Å². The lowest BCUT2D eigenvalue weighted by molar-refractivity contribution is -0.133. The van der Waals surface area contributed by atoms with Crippen LogP contribution in [0.15, 0.2) is 49.1 Å². The van der Waals surface area contributed by atoms with Gasteiger partial charge in [0.1, 0.15) is 30.0 Å². The zero-order valence-corrected chi connectivity index (χ0v) is 22.8. The van der Waals surface area contributed by atoms with E-state index in [0.29, 0.717) is 62.5 Å². The van der Waals surface area contributed by atoms with E-state index in [9.17, 15) is 9.59 Å². The molecule has 5 rings (SSSR count). The number of ether oxygens (including phenoxy) is 2. The fraction of sp³-hybridized carbons (Fsp3) is 0.444. The van der Waals surface area contributed by atoms with Gasteiger partial charge in [0.25, 0.3) is 0 Å². The molecule has 1 fully saturated rings. The number of nitrogens with zero attached hydrogens (tertiary/aromatic N) is 6. The molecule has 2 unspecified atom stereocenters. The number of rotatable bonds is 8. The maximum atomic E-state index is 13.1. The van der Waals surface area contributed by atoms with E-state index in [0.717, 1.165) is 0 Å². The highest BCUT2D eigenvalue weighted by molar-refractivity contribution is 6.29. The standard InChI is InChI=1S/C27H32ClN7O4/c1-18(2)11-26(37)33-9-10-35(24-13-23(28)31-27(32-24)34-8-7-29-17-34)19(15-33)12-25(36)30-14-20-16-38-21-5-3-4-6-22(21)39-20/h3-8,13,17-20H,9-12,14-16H2,1-2H3,(H,30,36). The molecule has 0 bridgehead atoms. The van der Waals surface area contributed by atoms with Crippen molar-refractivity contribution >= 4 is 29.2 Å². The summed E-state index contributed by atoms with van der Waals surface area (Å²) < 4.78 is 13.4. The molecule has 0 saturated carbocycles. The van der Waals surface area contributed by atoms with Crippen molar-refractivity contribution < 1.29 is 19.1 Å². The Balaban J connectivity index is 1.29. The van der Waals surface area contributed by atoms with Crippen LogP contribution in [0.1, 0.15) is 26.7 Å². The molecule has 1 N–H and O–H groups in total. The Morgan fingerprint density at radius 1 is 1.18 bits per heavy atom. The summed E-state index contributed by atoms with van der Waals surface area (Å²) >= 11 is 6.37. The van der Waals surface area contributed by atoms with Gasteiger partial charge in [-0.25, -0.2) is 9.97 Å². The zero-order chi connectivity index (χ0) is 27.4. The van der Waals surface area contributed by atoms with Crippen molar-refractivity contribution in [3.63, 3.8) is 0 Å². The number of carbonyl (C=O) groups is 2. The minimum Gasteiger partial charge on any atom is -0.486 e. The number of anilines is 1. The summed E-state index contributed by atoms with van der Waals surface area (Å²) in [6.45, 7) is 6.13. The van der Waals surface area contributed by atoms with E-state index in [1.165, 1.54) is 0 Å². The van der Waals surface area contributed by atoms with E-state index in [1.54, 1.807) is 29.4 Å². The van der Waals surface area contributed by atoms with Crippen molar-refractivity contribution in [3.05, 3.63) is 54.2 Å². The number of hydrogen-bond acceptors (Lipinski definition) is 8. The van der Waals surface area contributed by atoms with Crippen LogP contribution in [-0.4, -0.2) is 81.2 Å². The molecule has 2 aliphatic heterocycles. The minimum absolute atomic E-state index is 0.0845. The highest BCUT2D eigenvalue weighted by Gasteiger charge is 2.33. The maximum Gasteiger partial charge on any atom is 0.238 e. The number of carbonyl (C=O) groups excluding carboxylic acids is 2. The van der Waals surface area contributed by atoms with Crippen LogP contribution in [0.5, 0.6) is 11.5 Å². The number of halogens is 1.